The van der Waals surface area contributed by atoms with Gasteiger partial charge in [0, 0.05) is 17.6 Å². The fourth-order valence-electron chi connectivity index (χ4n) is 3.10. The number of carbonyl (C=O) groups is 2. The van der Waals surface area contributed by atoms with Crippen molar-refractivity contribution in [1.82, 2.24) is 15.6 Å². The first kappa shape index (κ1) is 16.0. The molecule has 2 amide bonds. The molecule has 7 nitrogen and oxygen atoms in total. The molecule has 3 rings (SSSR count). The number of aromatic nitrogens is 1. The quantitative estimate of drug-likeness (QED) is 0.727. The molecule has 8 heteroatoms. The molecule has 124 valence electrons. The van der Waals surface area contributed by atoms with Crippen molar-refractivity contribution < 1.29 is 14.3 Å². The number of hydrogen-bond donors (Lipinski definition) is 3. The van der Waals surface area contributed by atoms with E-state index in [2.05, 4.69) is 20.9 Å². The topological polar surface area (TPSA) is 92.4 Å². The van der Waals surface area contributed by atoms with Crippen molar-refractivity contribution in [2.45, 2.75) is 25.4 Å². The van der Waals surface area contributed by atoms with Gasteiger partial charge in [0.25, 0.3) is 0 Å². The van der Waals surface area contributed by atoms with E-state index in [0.717, 1.165) is 25.9 Å². The number of hydrogen-bond acceptors (Lipinski definition) is 5. The highest BCUT2D eigenvalue weighted by molar-refractivity contribution is 6.30. The second-order valence-electron chi connectivity index (χ2n) is 5.96. The average molecular weight is 339 g/mol. The Morgan fingerprint density at radius 3 is 3.00 bits per heavy atom. The average Bonchev–Trinajstić information content (AvgIpc) is 2.82. The third-order valence-electron chi connectivity index (χ3n) is 4.34. The van der Waals surface area contributed by atoms with Crippen LogP contribution in [0.4, 0.5) is 10.6 Å². The van der Waals surface area contributed by atoms with E-state index in [9.17, 15) is 9.59 Å². The van der Waals surface area contributed by atoms with E-state index < -0.39 is 6.03 Å². The lowest BCUT2D eigenvalue weighted by Crippen LogP contribution is -2.40. The Balaban J connectivity index is 1.49. The lowest BCUT2D eigenvalue weighted by atomic mass is 9.76. The number of ether oxygens (including phenoxy) is 1. The van der Waals surface area contributed by atoms with Crippen LogP contribution >= 0.6 is 11.6 Å². The van der Waals surface area contributed by atoms with Crippen LogP contribution in [-0.2, 0) is 9.53 Å². The maximum Gasteiger partial charge on any atom is 0.320 e. The van der Waals surface area contributed by atoms with Crippen LogP contribution in [0, 0.1) is 5.41 Å². The Kier molecular flexibility index (Phi) is 4.68. The van der Waals surface area contributed by atoms with E-state index in [4.69, 9.17) is 16.3 Å². The molecule has 0 radical (unpaired) electrons. The van der Waals surface area contributed by atoms with Gasteiger partial charge in [-0.3, -0.25) is 10.1 Å². The Morgan fingerprint density at radius 1 is 1.48 bits per heavy atom. The number of nitrogens with zero attached hydrogens (tertiary/aromatic N) is 1. The van der Waals surface area contributed by atoms with Gasteiger partial charge in [0.05, 0.1) is 12.0 Å². The third-order valence-corrected chi connectivity index (χ3v) is 4.57. The molecule has 1 spiro atoms. The minimum absolute atomic E-state index is 0.136. The second kappa shape index (κ2) is 6.72. The zero-order valence-corrected chi connectivity index (χ0v) is 13.4. The van der Waals surface area contributed by atoms with Crippen molar-refractivity contribution in [3.05, 3.63) is 23.4 Å². The number of halogens is 1. The number of carbonyl (C=O) groups excluding carboxylic acids is 2. The number of amides is 2. The molecule has 1 aromatic rings. The predicted octanol–water partition coefficient (Wildman–Crippen LogP) is 1.54. The summed E-state index contributed by atoms with van der Waals surface area (Å²) in [5.41, 5.74) is -0.372. The molecule has 0 saturated carbocycles. The molecule has 0 aliphatic carbocycles. The van der Waals surface area contributed by atoms with Crippen LogP contribution in [0.5, 0.6) is 0 Å². The van der Waals surface area contributed by atoms with Gasteiger partial charge in [0.1, 0.15) is 11.9 Å². The molecule has 2 aliphatic heterocycles. The Morgan fingerprint density at radius 2 is 2.26 bits per heavy atom. The standard InChI is InChI=1S/C15H19ClN4O3/c16-10-1-4-18-12(7-10)20-14(22)19-9-11-8-15(13(21)23-11)2-5-17-6-3-15/h1,4,7,11,17H,2-3,5-6,8-9H2,(H2,18,19,20,22). The first-order valence-electron chi connectivity index (χ1n) is 7.66. The Bertz CT molecular complexity index is 604. The number of urea groups is 1. The molecular weight excluding hydrogens is 320 g/mol. The zero-order chi connectivity index (χ0) is 16.3. The number of piperidine rings is 1. The lowest BCUT2D eigenvalue weighted by molar-refractivity contribution is -0.149. The van der Waals surface area contributed by atoms with E-state index >= 15 is 0 Å². The summed E-state index contributed by atoms with van der Waals surface area (Å²) in [5, 5.41) is 9.04. The molecule has 0 aromatic carbocycles. The SMILES string of the molecule is O=C(NCC1CC2(CCNCC2)C(=O)O1)Nc1cc(Cl)ccn1. The van der Waals surface area contributed by atoms with Gasteiger partial charge in [-0.15, -0.1) is 0 Å². The van der Waals surface area contributed by atoms with Crippen molar-refractivity contribution in [2.24, 2.45) is 5.41 Å². The van der Waals surface area contributed by atoms with Gasteiger partial charge in [-0.2, -0.15) is 0 Å². The smallest absolute Gasteiger partial charge is 0.320 e. The molecule has 23 heavy (non-hydrogen) atoms. The summed E-state index contributed by atoms with van der Waals surface area (Å²) in [6, 6.07) is 2.78. The third kappa shape index (κ3) is 3.73. The summed E-state index contributed by atoms with van der Waals surface area (Å²) in [4.78, 5) is 28.0. The van der Waals surface area contributed by atoms with Crippen LogP contribution in [0.2, 0.25) is 5.02 Å². The van der Waals surface area contributed by atoms with E-state index in [1.807, 2.05) is 0 Å². The summed E-state index contributed by atoms with van der Waals surface area (Å²) < 4.78 is 5.43. The summed E-state index contributed by atoms with van der Waals surface area (Å²) in [5.74, 6) is 0.232. The van der Waals surface area contributed by atoms with Crippen LogP contribution in [0.25, 0.3) is 0 Å². The van der Waals surface area contributed by atoms with Gasteiger partial charge >= 0.3 is 12.0 Å². The van der Waals surface area contributed by atoms with Crippen molar-refractivity contribution >= 4 is 29.4 Å². The van der Waals surface area contributed by atoms with Crippen LogP contribution in [0.3, 0.4) is 0 Å². The molecule has 0 bridgehead atoms. The molecule has 3 heterocycles. The van der Waals surface area contributed by atoms with Crippen molar-refractivity contribution in [3.63, 3.8) is 0 Å². The molecule has 2 fully saturated rings. The molecule has 2 saturated heterocycles. The second-order valence-corrected chi connectivity index (χ2v) is 6.39. The van der Waals surface area contributed by atoms with E-state index in [1.54, 1.807) is 12.1 Å². The largest absolute Gasteiger partial charge is 0.460 e. The highest BCUT2D eigenvalue weighted by atomic mass is 35.5. The maximum absolute atomic E-state index is 12.1. The summed E-state index contributed by atoms with van der Waals surface area (Å²) >= 11 is 5.83. The fraction of sp³-hybridized carbons (Fsp3) is 0.533. The first-order chi connectivity index (χ1) is 11.1. The normalized spacial score (nSPS) is 22.7. The molecular formula is C15H19ClN4O3. The molecule has 2 aliphatic rings. The number of rotatable bonds is 3. The van der Waals surface area contributed by atoms with Gasteiger partial charge in [0.2, 0.25) is 0 Å². The number of cyclic esters (lactones) is 1. The van der Waals surface area contributed by atoms with Gasteiger partial charge in [0.15, 0.2) is 0 Å². The Labute approximate surface area is 139 Å². The number of pyridine rings is 1. The summed E-state index contributed by atoms with van der Waals surface area (Å²) in [6.45, 7) is 1.94. The highest BCUT2D eigenvalue weighted by Gasteiger charge is 2.49. The zero-order valence-electron chi connectivity index (χ0n) is 12.6. The van der Waals surface area contributed by atoms with Crippen LogP contribution in [0.1, 0.15) is 19.3 Å². The number of anilines is 1. The van der Waals surface area contributed by atoms with Gasteiger partial charge in [-0.1, -0.05) is 11.6 Å². The number of nitrogens with one attached hydrogen (secondary N) is 3. The molecule has 3 N–H and O–H groups in total. The van der Waals surface area contributed by atoms with E-state index in [-0.39, 0.29) is 24.0 Å². The minimum Gasteiger partial charge on any atom is -0.460 e. The summed E-state index contributed by atoms with van der Waals surface area (Å²) in [7, 11) is 0. The predicted molar refractivity (Wildman–Crippen MR) is 85.3 cm³/mol. The van der Waals surface area contributed by atoms with Crippen LogP contribution in [0.15, 0.2) is 18.3 Å². The van der Waals surface area contributed by atoms with Crippen molar-refractivity contribution in [1.29, 1.82) is 0 Å². The maximum atomic E-state index is 12.1. The lowest BCUT2D eigenvalue weighted by Gasteiger charge is -2.29. The molecule has 1 unspecified atom stereocenters. The van der Waals surface area contributed by atoms with Crippen LogP contribution in [-0.4, -0.2) is 42.7 Å². The van der Waals surface area contributed by atoms with E-state index in [0.29, 0.717) is 17.3 Å². The van der Waals surface area contributed by atoms with Crippen molar-refractivity contribution in [2.75, 3.05) is 25.0 Å². The van der Waals surface area contributed by atoms with Gasteiger partial charge < -0.3 is 15.4 Å². The Hall–Kier alpha value is -1.86. The molecule has 1 aromatic heterocycles. The molecule has 1 atom stereocenters. The minimum atomic E-state index is -0.401. The summed E-state index contributed by atoms with van der Waals surface area (Å²) in [6.07, 6.45) is 3.47. The number of esters is 1. The fourth-order valence-corrected chi connectivity index (χ4v) is 3.26. The first-order valence-corrected chi connectivity index (χ1v) is 8.03. The highest BCUT2D eigenvalue weighted by Crippen LogP contribution is 2.41. The van der Waals surface area contributed by atoms with Gasteiger partial charge in [-0.05, 0) is 38.1 Å². The van der Waals surface area contributed by atoms with Crippen LogP contribution < -0.4 is 16.0 Å². The van der Waals surface area contributed by atoms with Gasteiger partial charge in [-0.25, -0.2) is 9.78 Å². The van der Waals surface area contributed by atoms with E-state index in [1.165, 1.54) is 6.20 Å². The monoisotopic (exact) mass is 338 g/mol. The van der Waals surface area contributed by atoms with Crippen molar-refractivity contribution in [3.8, 4) is 0 Å².